The number of sulfonamides is 1. The topological polar surface area (TPSA) is 102 Å². The first-order valence-electron chi connectivity index (χ1n) is 6.13. The second kappa shape index (κ2) is 5.68. The Morgan fingerprint density at radius 2 is 2.25 bits per heavy atom. The summed E-state index contributed by atoms with van der Waals surface area (Å²) in [6.45, 7) is 0.196. The van der Waals surface area contributed by atoms with Crippen LogP contribution in [0.4, 0.5) is 11.4 Å². The number of ether oxygens (including phenoxy) is 1. The molecular formula is C12H17N3O4S. The first kappa shape index (κ1) is 14.6. The van der Waals surface area contributed by atoms with E-state index in [4.69, 9.17) is 10.5 Å². The maximum atomic E-state index is 11.9. The lowest BCUT2D eigenvalue weighted by atomic mass is 10.2. The monoisotopic (exact) mass is 299 g/mol. The van der Waals surface area contributed by atoms with Gasteiger partial charge >= 0.3 is 0 Å². The van der Waals surface area contributed by atoms with Gasteiger partial charge in [-0.15, -0.1) is 0 Å². The predicted molar refractivity (Wildman–Crippen MR) is 76.0 cm³/mol. The second-order valence-corrected chi connectivity index (χ2v) is 6.59. The molecule has 0 aliphatic carbocycles. The van der Waals surface area contributed by atoms with Crippen LogP contribution in [-0.2, 0) is 14.8 Å². The molecule has 1 aliphatic rings. The van der Waals surface area contributed by atoms with Gasteiger partial charge in [0.1, 0.15) is 5.75 Å². The van der Waals surface area contributed by atoms with Gasteiger partial charge < -0.3 is 15.8 Å². The molecule has 1 fully saturated rings. The van der Waals surface area contributed by atoms with Gasteiger partial charge in [-0.3, -0.25) is 4.79 Å². The number of nitrogen functional groups attached to an aromatic ring is 1. The van der Waals surface area contributed by atoms with Crippen molar-refractivity contribution in [3.05, 3.63) is 18.2 Å². The van der Waals surface area contributed by atoms with Crippen LogP contribution in [0.15, 0.2) is 18.2 Å². The lowest BCUT2D eigenvalue weighted by Crippen LogP contribution is -2.34. The number of carbonyl (C=O) groups excluding carboxylic acids is 1. The molecule has 0 atom stereocenters. The van der Waals surface area contributed by atoms with Crippen LogP contribution in [0.3, 0.4) is 0 Å². The third-order valence-corrected chi connectivity index (χ3v) is 4.96. The Kier molecular flexibility index (Phi) is 4.15. The van der Waals surface area contributed by atoms with Crippen LogP contribution in [0.1, 0.15) is 6.42 Å². The number of hydrogen-bond donors (Lipinski definition) is 2. The summed E-state index contributed by atoms with van der Waals surface area (Å²) in [6.07, 6.45) is 0.556. The molecule has 1 aromatic rings. The summed E-state index contributed by atoms with van der Waals surface area (Å²) in [7, 11) is -1.75. The maximum absolute atomic E-state index is 11.9. The molecular weight excluding hydrogens is 282 g/mol. The Balaban J connectivity index is 2.01. The van der Waals surface area contributed by atoms with Crippen molar-refractivity contribution in [3.8, 4) is 5.75 Å². The zero-order chi connectivity index (χ0) is 14.8. The largest absolute Gasteiger partial charge is 0.497 e. The van der Waals surface area contributed by atoms with Crippen molar-refractivity contribution in [2.45, 2.75) is 6.42 Å². The van der Waals surface area contributed by atoms with E-state index in [1.165, 1.54) is 11.4 Å². The molecule has 0 unspecified atom stereocenters. The summed E-state index contributed by atoms with van der Waals surface area (Å²) in [5.41, 5.74) is 6.58. The number of nitrogens with one attached hydrogen (secondary N) is 1. The smallest absolute Gasteiger partial charge is 0.239 e. The molecule has 1 heterocycles. The van der Waals surface area contributed by atoms with Crippen molar-refractivity contribution in [2.24, 2.45) is 0 Å². The summed E-state index contributed by atoms with van der Waals surface area (Å²) >= 11 is 0. The summed E-state index contributed by atoms with van der Waals surface area (Å²) in [4.78, 5) is 11.9. The van der Waals surface area contributed by atoms with Crippen LogP contribution in [0.2, 0.25) is 0 Å². The molecule has 110 valence electrons. The van der Waals surface area contributed by atoms with E-state index in [1.54, 1.807) is 18.2 Å². The van der Waals surface area contributed by atoms with Gasteiger partial charge in [0.15, 0.2) is 0 Å². The van der Waals surface area contributed by atoms with Gasteiger partial charge in [0, 0.05) is 12.6 Å². The van der Waals surface area contributed by atoms with Crippen molar-refractivity contribution in [1.29, 1.82) is 0 Å². The van der Waals surface area contributed by atoms with Crippen molar-refractivity contribution in [1.82, 2.24) is 4.31 Å². The van der Waals surface area contributed by atoms with E-state index in [-0.39, 0.29) is 12.3 Å². The van der Waals surface area contributed by atoms with Gasteiger partial charge in [-0.25, -0.2) is 8.42 Å². The molecule has 3 N–H and O–H groups in total. The molecule has 0 saturated carbocycles. The standard InChI is InChI=1S/C12H17N3O4S/c1-19-9-3-4-11(10(13)7-9)14-12(16)8-15-5-2-6-20(15,17)18/h3-4,7H,2,5-6,8,13H2,1H3,(H,14,16). The highest BCUT2D eigenvalue weighted by Gasteiger charge is 2.29. The Bertz CT molecular complexity index is 615. The molecule has 0 spiro atoms. The van der Waals surface area contributed by atoms with E-state index < -0.39 is 15.9 Å². The fourth-order valence-corrected chi connectivity index (χ4v) is 3.47. The molecule has 1 saturated heterocycles. The molecule has 1 aromatic carbocycles. The average molecular weight is 299 g/mol. The van der Waals surface area contributed by atoms with Crippen LogP contribution in [0.25, 0.3) is 0 Å². The molecule has 7 nitrogen and oxygen atoms in total. The zero-order valence-electron chi connectivity index (χ0n) is 11.1. The quantitative estimate of drug-likeness (QED) is 0.776. The number of nitrogens with two attached hydrogens (primary N) is 1. The summed E-state index contributed by atoms with van der Waals surface area (Å²) in [5, 5.41) is 2.60. The predicted octanol–water partition coefficient (Wildman–Crippen LogP) is 0.251. The molecule has 20 heavy (non-hydrogen) atoms. The molecule has 1 amide bonds. The number of anilines is 2. The lowest BCUT2D eigenvalue weighted by Gasteiger charge is -2.15. The van der Waals surface area contributed by atoms with Crippen LogP contribution >= 0.6 is 0 Å². The highest BCUT2D eigenvalue weighted by atomic mass is 32.2. The Hall–Kier alpha value is -1.80. The normalized spacial score (nSPS) is 17.9. The van der Waals surface area contributed by atoms with Gasteiger partial charge in [-0.1, -0.05) is 0 Å². The van der Waals surface area contributed by atoms with Crippen LogP contribution in [0, 0.1) is 0 Å². The minimum Gasteiger partial charge on any atom is -0.497 e. The van der Waals surface area contributed by atoms with Crippen molar-refractivity contribution >= 4 is 27.3 Å². The van der Waals surface area contributed by atoms with Gasteiger partial charge in [0.05, 0.1) is 30.8 Å². The lowest BCUT2D eigenvalue weighted by molar-refractivity contribution is -0.116. The first-order chi connectivity index (χ1) is 9.42. The molecule has 2 rings (SSSR count). The highest BCUT2D eigenvalue weighted by Crippen LogP contribution is 2.24. The number of amides is 1. The average Bonchev–Trinajstić information content (AvgIpc) is 2.71. The van der Waals surface area contributed by atoms with E-state index in [9.17, 15) is 13.2 Å². The number of methoxy groups -OCH3 is 1. The van der Waals surface area contributed by atoms with Crippen LogP contribution in [0.5, 0.6) is 5.75 Å². The summed E-state index contributed by atoms with van der Waals surface area (Å²) in [5.74, 6) is 0.278. The zero-order valence-corrected chi connectivity index (χ0v) is 11.9. The Morgan fingerprint density at radius 3 is 2.80 bits per heavy atom. The van der Waals surface area contributed by atoms with Gasteiger partial charge in [-0.05, 0) is 18.6 Å². The van der Waals surface area contributed by atoms with Gasteiger partial charge in [-0.2, -0.15) is 4.31 Å². The van der Waals surface area contributed by atoms with Crippen LogP contribution < -0.4 is 15.8 Å². The van der Waals surface area contributed by atoms with E-state index in [0.717, 1.165) is 0 Å². The summed E-state index contributed by atoms with van der Waals surface area (Å²) in [6, 6.07) is 4.87. The molecule has 0 radical (unpaired) electrons. The van der Waals surface area contributed by atoms with E-state index in [0.29, 0.717) is 30.1 Å². The van der Waals surface area contributed by atoms with Gasteiger partial charge in [0.2, 0.25) is 15.9 Å². The minimum atomic E-state index is -3.27. The molecule has 0 bridgehead atoms. The molecule has 0 aromatic heterocycles. The van der Waals surface area contributed by atoms with E-state index in [1.807, 2.05) is 0 Å². The number of nitrogens with zero attached hydrogens (tertiary/aromatic N) is 1. The number of benzene rings is 1. The fraction of sp³-hybridized carbons (Fsp3) is 0.417. The first-order valence-corrected chi connectivity index (χ1v) is 7.74. The fourth-order valence-electron chi connectivity index (χ4n) is 2.00. The van der Waals surface area contributed by atoms with Crippen molar-refractivity contribution in [3.63, 3.8) is 0 Å². The highest BCUT2D eigenvalue weighted by molar-refractivity contribution is 7.89. The number of rotatable bonds is 4. The molecule has 8 heteroatoms. The van der Waals surface area contributed by atoms with Gasteiger partial charge in [0.25, 0.3) is 0 Å². The summed E-state index contributed by atoms with van der Waals surface area (Å²) < 4.78 is 29.4. The third-order valence-electron chi connectivity index (χ3n) is 3.06. The Morgan fingerprint density at radius 1 is 1.50 bits per heavy atom. The third kappa shape index (κ3) is 3.20. The number of hydrogen-bond acceptors (Lipinski definition) is 5. The van der Waals surface area contributed by atoms with Crippen molar-refractivity contribution in [2.75, 3.05) is 37.0 Å². The van der Waals surface area contributed by atoms with E-state index in [2.05, 4.69) is 5.32 Å². The van der Waals surface area contributed by atoms with Crippen molar-refractivity contribution < 1.29 is 17.9 Å². The second-order valence-electron chi connectivity index (χ2n) is 4.50. The molecule has 1 aliphatic heterocycles. The van der Waals surface area contributed by atoms with E-state index >= 15 is 0 Å². The minimum absolute atomic E-state index is 0.102. The SMILES string of the molecule is COc1ccc(NC(=O)CN2CCCS2(=O)=O)c(N)c1. The van der Waals surface area contributed by atoms with Crippen LogP contribution in [-0.4, -0.2) is 44.6 Å². The maximum Gasteiger partial charge on any atom is 0.239 e. The Labute approximate surface area is 117 Å². The number of carbonyl (C=O) groups is 1.